The molecule has 5 heteroatoms. The molecule has 1 fully saturated rings. The van der Waals surface area contributed by atoms with E-state index in [9.17, 15) is 9.59 Å². The molecule has 1 aromatic heterocycles. The predicted molar refractivity (Wildman–Crippen MR) is 71.7 cm³/mol. The number of carbonyl (C=O) groups is 2. The van der Waals surface area contributed by atoms with Gasteiger partial charge in [0, 0.05) is 12.2 Å². The number of aromatic nitrogens is 1. The summed E-state index contributed by atoms with van der Waals surface area (Å²) in [5.41, 5.74) is 5.74. The van der Waals surface area contributed by atoms with Gasteiger partial charge >= 0.3 is 0 Å². The van der Waals surface area contributed by atoms with E-state index in [1.165, 1.54) is 37.9 Å². The fourth-order valence-corrected chi connectivity index (χ4v) is 2.37. The number of hydrogen-bond acceptors (Lipinski definition) is 3. The monoisotopic (exact) mass is 261 g/mol. The van der Waals surface area contributed by atoms with Gasteiger partial charge in [-0.15, -0.1) is 0 Å². The first-order valence-corrected chi connectivity index (χ1v) is 6.73. The summed E-state index contributed by atoms with van der Waals surface area (Å²) < 4.78 is 0. The first-order chi connectivity index (χ1) is 9.16. The lowest BCUT2D eigenvalue weighted by Gasteiger charge is -2.16. The molecular weight excluding hydrogens is 242 g/mol. The van der Waals surface area contributed by atoms with Crippen LogP contribution < -0.4 is 11.1 Å². The SMILES string of the molecule is NC(=O)c1ccc(C(=O)NC2CCCCCC2)cn1. The minimum Gasteiger partial charge on any atom is -0.364 e. The van der Waals surface area contributed by atoms with Crippen molar-refractivity contribution >= 4 is 11.8 Å². The molecule has 1 saturated carbocycles. The number of nitrogens with one attached hydrogen (secondary N) is 1. The van der Waals surface area contributed by atoms with Crippen molar-refractivity contribution < 1.29 is 9.59 Å². The van der Waals surface area contributed by atoms with E-state index in [2.05, 4.69) is 10.3 Å². The number of hydrogen-bond donors (Lipinski definition) is 2. The maximum absolute atomic E-state index is 12.0. The Morgan fingerprint density at radius 2 is 1.84 bits per heavy atom. The first kappa shape index (κ1) is 13.5. The van der Waals surface area contributed by atoms with Crippen LogP contribution in [0.3, 0.4) is 0 Å². The number of nitrogens with two attached hydrogens (primary N) is 1. The first-order valence-electron chi connectivity index (χ1n) is 6.73. The lowest BCUT2D eigenvalue weighted by Crippen LogP contribution is -2.34. The molecule has 0 bridgehead atoms. The highest BCUT2D eigenvalue weighted by molar-refractivity contribution is 5.95. The summed E-state index contributed by atoms with van der Waals surface area (Å²) in [4.78, 5) is 26.8. The van der Waals surface area contributed by atoms with Crippen LogP contribution in [0.15, 0.2) is 18.3 Å². The van der Waals surface area contributed by atoms with Crippen LogP contribution >= 0.6 is 0 Å². The molecule has 1 aromatic rings. The predicted octanol–water partition coefficient (Wildman–Crippen LogP) is 1.63. The number of amides is 2. The van der Waals surface area contributed by atoms with E-state index in [1.54, 1.807) is 6.07 Å². The van der Waals surface area contributed by atoms with Crippen molar-refractivity contribution in [2.24, 2.45) is 5.73 Å². The molecule has 0 radical (unpaired) electrons. The fraction of sp³-hybridized carbons (Fsp3) is 0.500. The van der Waals surface area contributed by atoms with E-state index in [0.717, 1.165) is 12.8 Å². The third-order valence-corrected chi connectivity index (χ3v) is 3.47. The van der Waals surface area contributed by atoms with Crippen molar-refractivity contribution in [2.75, 3.05) is 0 Å². The van der Waals surface area contributed by atoms with Gasteiger partial charge in [-0.3, -0.25) is 14.6 Å². The third kappa shape index (κ3) is 3.77. The van der Waals surface area contributed by atoms with Gasteiger partial charge in [-0.1, -0.05) is 25.7 Å². The van der Waals surface area contributed by atoms with Gasteiger partial charge in [0.15, 0.2) is 0 Å². The van der Waals surface area contributed by atoms with Crippen LogP contribution in [0, 0.1) is 0 Å². The molecule has 0 spiro atoms. The Hall–Kier alpha value is -1.91. The van der Waals surface area contributed by atoms with Gasteiger partial charge in [-0.05, 0) is 25.0 Å². The number of carbonyl (C=O) groups excluding carboxylic acids is 2. The van der Waals surface area contributed by atoms with E-state index >= 15 is 0 Å². The second kappa shape index (κ2) is 6.31. The van der Waals surface area contributed by atoms with Gasteiger partial charge in [0.1, 0.15) is 5.69 Å². The average molecular weight is 261 g/mol. The quantitative estimate of drug-likeness (QED) is 0.811. The summed E-state index contributed by atoms with van der Waals surface area (Å²) in [6.07, 6.45) is 8.32. The molecule has 0 aliphatic heterocycles. The van der Waals surface area contributed by atoms with Crippen molar-refractivity contribution in [1.29, 1.82) is 0 Å². The molecule has 0 atom stereocenters. The number of rotatable bonds is 3. The lowest BCUT2D eigenvalue weighted by atomic mass is 10.1. The van der Waals surface area contributed by atoms with E-state index in [4.69, 9.17) is 5.73 Å². The minimum absolute atomic E-state index is 0.129. The molecule has 1 aliphatic carbocycles. The number of pyridine rings is 1. The Kier molecular flexibility index (Phi) is 4.49. The zero-order valence-corrected chi connectivity index (χ0v) is 10.9. The highest BCUT2D eigenvalue weighted by atomic mass is 16.2. The molecule has 19 heavy (non-hydrogen) atoms. The zero-order chi connectivity index (χ0) is 13.7. The highest BCUT2D eigenvalue weighted by Gasteiger charge is 2.16. The second-order valence-electron chi connectivity index (χ2n) is 4.96. The summed E-state index contributed by atoms with van der Waals surface area (Å²) in [5.74, 6) is -0.717. The van der Waals surface area contributed by atoms with Crippen LogP contribution in [0.25, 0.3) is 0 Å². The zero-order valence-electron chi connectivity index (χ0n) is 10.9. The van der Waals surface area contributed by atoms with Crippen molar-refractivity contribution in [2.45, 2.75) is 44.6 Å². The van der Waals surface area contributed by atoms with Crippen molar-refractivity contribution in [3.63, 3.8) is 0 Å². The van der Waals surface area contributed by atoms with Gasteiger partial charge < -0.3 is 11.1 Å². The van der Waals surface area contributed by atoms with Crippen LogP contribution in [0.2, 0.25) is 0 Å². The maximum Gasteiger partial charge on any atom is 0.267 e. The topological polar surface area (TPSA) is 85.1 Å². The van der Waals surface area contributed by atoms with Gasteiger partial charge in [0.05, 0.1) is 5.56 Å². The number of primary amides is 1. The van der Waals surface area contributed by atoms with Gasteiger partial charge in [-0.25, -0.2) is 0 Å². The highest BCUT2D eigenvalue weighted by Crippen LogP contribution is 2.17. The van der Waals surface area contributed by atoms with E-state index in [1.807, 2.05) is 0 Å². The summed E-state index contributed by atoms with van der Waals surface area (Å²) >= 11 is 0. The van der Waals surface area contributed by atoms with Gasteiger partial charge in [0.2, 0.25) is 0 Å². The number of nitrogens with zero attached hydrogens (tertiary/aromatic N) is 1. The third-order valence-electron chi connectivity index (χ3n) is 3.47. The molecule has 0 unspecified atom stereocenters. The average Bonchev–Trinajstić information content (AvgIpc) is 2.67. The van der Waals surface area contributed by atoms with Crippen molar-refractivity contribution in [3.05, 3.63) is 29.6 Å². The van der Waals surface area contributed by atoms with Crippen LogP contribution in [0.5, 0.6) is 0 Å². The Morgan fingerprint density at radius 1 is 1.16 bits per heavy atom. The van der Waals surface area contributed by atoms with Crippen LogP contribution in [0.4, 0.5) is 0 Å². The van der Waals surface area contributed by atoms with Crippen LogP contribution in [-0.2, 0) is 0 Å². The second-order valence-corrected chi connectivity index (χ2v) is 4.96. The summed E-state index contributed by atoms with van der Waals surface area (Å²) in [6, 6.07) is 3.31. The molecule has 3 N–H and O–H groups in total. The molecule has 1 aliphatic rings. The molecule has 0 aromatic carbocycles. The summed E-state index contributed by atoms with van der Waals surface area (Å²) in [6.45, 7) is 0. The normalized spacial score (nSPS) is 16.6. The molecule has 1 heterocycles. The minimum atomic E-state index is -0.587. The van der Waals surface area contributed by atoms with Gasteiger partial charge in [-0.2, -0.15) is 0 Å². The van der Waals surface area contributed by atoms with Crippen LogP contribution in [-0.4, -0.2) is 22.8 Å². The fourth-order valence-electron chi connectivity index (χ4n) is 2.37. The molecule has 102 valence electrons. The Bertz CT molecular complexity index is 448. The summed E-state index contributed by atoms with van der Waals surface area (Å²) in [5, 5.41) is 3.03. The van der Waals surface area contributed by atoms with E-state index in [-0.39, 0.29) is 17.6 Å². The Morgan fingerprint density at radius 3 is 2.37 bits per heavy atom. The lowest BCUT2D eigenvalue weighted by molar-refractivity contribution is 0.0930. The Balaban J connectivity index is 1.96. The van der Waals surface area contributed by atoms with Crippen LogP contribution in [0.1, 0.15) is 59.4 Å². The van der Waals surface area contributed by atoms with E-state index in [0.29, 0.717) is 5.56 Å². The van der Waals surface area contributed by atoms with E-state index < -0.39 is 5.91 Å². The standard InChI is InChI=1S/C14H19N3O2/c15-13(18)12-8-7-10(9-16-12)14(19)17-11-5-3-1-2-4-6-11/h7-9,11H,1-6H2,(H2,15,18)(H,17,19). The van der Waals surface area contributed by atoms with Gasteiger partial charge in [0.25, 0.3) is 11.8 Å². The smallest absolute Gasteiger partial charge is 0.267 e. The van der Waals surface area contributed by atoms with Crippen molar-refractivity contribution in [3.8, 4) is 0 Å². The molecule has 2 amide bonds. The maximum atomic E-state index is 12.0. The molecule has 2 rings (SSSR count). The van der Waals surface area contributed by atoms with Crippen molar-refractivity contribution in [1.82, 2.24) is 10.3 Å². The molecule has 5 nitrogen and oxygen atoms in total. The molecular formula is C14H19N3O2. The summed E-state index contributed by atoms with van der Waals surface area (Å²) in [7, 11) is 0. The molecule has 0 saturated heterocycles. The Labute approximate surface area is 112 Å². The largest absolute Gasteiger partial charge is 0.364 e.